The van der Waals surface area contributed by atoms with E-state index in [4.69, 9.17) is 4.74 Å². The molecule has 0 heterocycles. The quantitative estimate of drug-likeness (QED) is 0.735. The summed E-state index contributed by atoms with van der Waals surface area (Å²) < 4.78 is 5.31. The van der Waals surface area contributed by atoms with E-state index in [1.807, 2.05) is 13.8 Å². The SMILES string of the molecule is COC(C)(C)CCC(=O)CCc1ccc(C)cc1. The van der Waals surface area contributed by atoms with Gasteiger partial charge in [0.1, 0.15) is 5.78 Å². The Labute approximate surface area is 110 Å². The van der Waals surface area contributed by atoms with Crippen molar-refractivity contribution in [2.45, 2.75) is 52.1 Å². The maximum atomic E-state index is 11.8. The van der Waals surface area contributed by atoms with Gasteiger partial charge in [-0.2, -0.15) is 0 Å². The van der Waals surface area contributed by atoms with Crippen LogP contribution in [0, 0.1) is 6.92 Å². The normalized spacial score (nSPS) is 11.6. The number of methoxy groups -OCH3 is 1. The van der Waals surface area contributed by atoms with Gasteiger partial charge < -0.3 is 4.74 Å². The van der Waals surface area contributed by atoms with Crippen molar-refractivity contribution in [1.82, 2.24) is 0 Å². The molecule has 0 unspecified atom stereocenters. The number of carbonyl (C=O) groups is 1. The zero-order valence-electron chi connectivity index (χ0n) is 12.0. The summed E-state index contributed by atoms with van der Waals surface area (Å²) in [6.45, 7) is 6.10. The topological polar surface area (TPSA) is 26.3 Å². The number of ether oxygens (including phenoxy) is 1. The lowest BCUT2D eigenvalue weighted by Crippen LogP contribution is -2.23. The number of benzene rings is 1. The van der Waals surface area contributed by atoms with E-state index in [0.717, 1.165) is 12.8 Å². The van der Waals surface area contributed by atoms with Crippen LogP contribution in [0.25, 0.3) is 0 Å². The van der Waals surface area contributed by atoms with Gasteiger partial charge in [-0.1, -0.05) is 29.8 Å². The molecule has 0 amide bonds. The van der Waals surface area contributed by atoms with Crippen LogP contribution in [0.5, 0.6) is 0 Å². The lowest BCUT2D eigenvalue weighted by atomic mass is 9.98. The van der Waals surface area contributed by atoms with Crippen LogP contribution in [0.3, 0.4) is 0 Å². The van der Waals surface area contributed by atoms with Gasteiger partial charge in [-0.05, 0) is 39.2 Å². The van der Waals surface area contributed by atoms with Gasteiger partial charge in [0.15, 0.2) is 0 Å². The Hall–Kier alpha value is -1.15. The van der Waals surface area contributed by atoms with Gasteiger partial charge in [0.05, 0.1) is 5.60 Å². The average Bonchev–Trinajstić information content (AvgIpc) is 2.36. The number of aryl methyl sites for hydroxylation is 2. The number of hydrogen-bond donors (Lipinski definition) is 0. The van der Waals surface area contributed by atoms with Crippen molar-refractivity contribution in [1.29, 1.82) is 0 Å². The summed E-state index contributed by atoms with van der Waals surface area (Å²) in [5.74, 6) is 0.320. The van der Waals surface area contributed by atoms with E-state index in [2.05, 4.69) is 31.2 Å². The van der Waals surface area contributed by atoms with E-state index in [-0.39, 0.29) is 5.60 Å². The van der Waals surface area contributed by atoms with Crippen LogP contribution in [-0.4, -0.2) is 18.5 Å². The summed E-state index contributed by atoms with van der Waals surface area (Å²) >= 11 is 0. The molecule has 0 fully saturated rings. The number of hydrogen-bond acceptors (Lipinski definition) is 2. The van der Waals surface area contributed by atoms with E-state index >= 15 is 0 Å². The molecule has 0 radical (unpaired) electrons. The molecule has 0 spiro atoms. The number of carbonyl (C=O) groups excluding carboxylic acids is 1. The second kappa shape index (κ2) is 6.69. The molecule has 1 rings (SSSR count). The molecule has 0 N–H and O–H groups in total. The third-order valence-corrected chi connectivity index (χ3v) is 3.37. The molecule has 0 aromatic heterocycles. The highest BCUT2D eigenvalue weighted by Gasteiger charge is 2.17. The van der Waals surface area contributed by atoms with E-state index in [9.17, 15) is 4.79 Å². The molecule has 0 aliphatic carbocycles. The van der Waals surface area contributed by atoms with Crippen LogP contribution in [0.1, 0.15) is 44.2 Å². The van der Waals surface area contributed by atoms with Crippen LogP contribution < -0.4 is 0 Å². The van der Waals surface area contributed by atoms with Gasteiger partial charge in [0.25, 0.3) is 0 Å². The Kier molecular flexibility index (Phi) is 5.54. The van der Waals surface area contributed by atoms with Crippen LogP contribution in [0.15, 0.2) is 24.3 Å². The Morgan fingerprint density at radius 3 is 2.33 bits per heavy atom. The van der Waals surface area contributed by atoms with E-state index in [1.165, 1.54) is 11.1 Å². The highest BCUT2D eigenvalue weighted by atomic mass is 16.5. The van der Waals surface area contributed by atoms with Crippen LogP contribution in [-0.2, 0) is 16.0 Å². The summed E-state index contributed by atoms with van der Waals surface area (Å²) in [6, 6.07) is 8.38. The first-order chi connectivity index (χ1) is 8.43. The number of rotatable bonds is 7. The lowest BCUT2D eigenvalue weighted by Gasteiger charge is -2.22. The van der Waals surface area contributed by atoms with Crippen LogP contribution >= 0.6 is 0 Å². The summed E-state index contributed by atoms with van der Waals surface area (Å²) in [5.41, 5.74) is 2.30. The van der Waals surface area contributed by atoms with Gasteiger partial charge in [-0.3, -0.25) is 4.79 Å². The average molecular weight is 248 g/mol. The molecule has 2 heteroatoms. The maximum Gasteiger partial charge on any atom is 0.133 e. The van der Waals surface area contributed by atoms with Gasteiger partial charge in [-0.15, -0.1) is 0 Å². The van der Waals surface area contributed by atoms with Crippen molar-refractivity contribution in [2.24, 2.45) is 0 Å². The van der Waals surface area contributed by atoms with Crippen molar-refractivity contribution in [3.8, 4) is 0 Å². The molecule has 0 saturated heterocycles. The van der Waals surface area contributed by atoms with Gasteiger partial charge in [-0.25, -0.2) is 0 Å². The predicted molar refractivity (Wildman–Crippen MR) is 74.8 cm³/mol. The van der Waals surface area contributed by atoms with Gasteiger partial charge >= 0.3 is 0 Å². The molecule has 0 bridgehead atoms. The highest BCUT2D eigenvalue weighted by molar-refractivity contribution is 5.78. The molecule has 0 aliphatic rings. The zero-order chi connectivity index (χ0) is 13.6. The van der Waals surface area contributed by atoms with E-state index in [0.29, 0.717) is 18.6 Å². The maximum absolute atomic E-state index is 11.8. The first-order valence-electron chi connectivity index (χ1n) is 6.55. The summed E-state index contributed by atoms with van der Waals surface area (Å²) in [4.78, 5) is 11.8. The fourth-order valence-corrected chi connectivity index (χ4v) is 1.71. The number of Topliss-reactive ketones (excluding diaryl/α,β-unsaturated/α-hetero) is 1. The van der Waals surface area contributed by atoms with Crippen molar-refractivity contribution in [2.75, 3.05) is 7.11 Å². The van der Waals surface area contributed by atoms with Crippen LogP contribution in [0.4, 0.5) is 0 Å². The molecule has 1 aromatic rings. The number of ketones is 1. The van der Waals surface area contributed by atoms with Crippen molar-refractivity contribution < 1.29 is 9.53 Å². The molecule has 0 aliphatic heterocycles. The summed E-state index contributed by atoms with van der Waals surface area (Å²) in [7, 11) is 1.69. The predicted octanol–water partition coefficient (Wildman–Crippen LogP) is 3.70. The first kappa shape index (κ1) is 14.9. The summed E-state index contributed by atoms with van der Waals surface area (Å²) in [5, 5.41) is 0. The molecule has 1 aromatic carbocycles. The Morgan fingerprint density at radius 2 is 1.78 bits per heavy atom. The van der Waals surface area contributed by atoms with Gasteiger partial charge in [0.2, 0.25) is 0 Å². The minimum absolute atomic E-state index is 0.195. The Balaban J connectivity index is 2.31. The minimum Gasteiger partial charge on any atom is -0.379 e. The smallest absolute Gasteiger partial charge is 0.133 e. The molecular weight excluding hydrogens is 224 g/mol. The molecular formula is C16H24O2. The second-order valence-corrected chi connectivity index (χ2v) is 5.49. The fraction of sp³-hybridized carbons (Fsp3) is 0.562. The van der Waals surface area contributed by atoms with E-state index in [1.54, 1.807) is 7.11 Å². The molecule has 18 heavy (non-hydrogen) atoms. The monoisotopic (exact) mass is 248 g/mol. The standard InChI is InChI=1S/C16H24O2/c1-13-5-7-14(8-6-13)9-10-15(17)11-12-16(2,3)18-4/h5-8H,9-12H2,1-4H3. The largest absolute Gasteiger partial charge is 0.379 e. The second-order valence-electron chi connectivity index (χ2n) is 5.49. The van der Waals surface area contributed by atoms with E-state index < -0.39 is 0 Å². The fourth-order valence-electron chi connectivity index (χ4n) is 1.71. The zero-order valence-corrected chi connectivity index (χ0v) is 12.0. The molecule has 2 nitrogen and oxygen atoms in total. The first-order valence-corrected chi connectivity index (χ1v) is 6.55. The summed E-state index contributed by atoms with van der Waals surface area (Å²) in [6.07, 6.45) is 2.86. The van der Waals surface area contributed by atoms with Crippen LogP contribution in [0.2, 0.25) is 0 Å². The van der Waals surface area contributed by atoms with Crippen molar-refractivity contribution >= 4 is 5.78 Å². The Morgan fingerprint density at radius 1 is 1.17 bits per heavy atom. The minimum atomic E-state index is -0.195. The van der Waals surface area contributed by atoms with Crippen molar-refractivity contribution in [3.63, 3.8) is 0 Å². The third-order valence-electron chi connectivity index (χ3n) is 3.37. The molecule has 100 valence electrons. The molecule has 0 saturated carbocycles. The molecule has 0 atom stereocenters. The Bertz CT molecular complexity index is 377. The third kappa shape index (κ3) is 5.46. The lowest BCUT2D eigenvalue weighted by molar-refractivity contribution is -0.120. The highest BCUT2D eigenvalue weighted by Crippen LogP contribution is 2.16. The van der Waals surface area contributed by atoms with Crippen molar-refractivity contribution in [3.05, 3.63) is 35.4 Å². The van der Waals surface area contributed by atoms with Gasteiger partial charge in [0, 0.05) is 20.0 Å².